The summed E-state index contributed by atoms with van der Waals surface area (Å²) in [5.41, 5.74) is 2.29. The first-order chi connectivity index (χ1) is 21.4. The van der Waals surface area contributed by atoms with Crippen LogP contribution in [-0.2, 0) is 30.3 Å². The molecule has 0 radical (unpaired) electrons. The lowest BCUT2D eigenvalue weighted by molar-refractivity contribution is -0.180. The van der Waals surface area contributed by atoms with Gasteiger partial charge in [0.2, 0.25) is 0 Å². The number of thioether (sulfide) groups is 1. The van der Waals surface area contributed by atoms with Crippen molar-refractivity contribution < 1.29 is 33.5 Å². The van der Waals surface area contributed by atoms with Crippen LogP contribution in [0.2, 0.25) is 5.02 Å². The third kappa shape index (κ3) is 9.11. The van der Waals surface area contributed by atoms with Gasteiger partial charge in [-0.2, -0.15) is 0 Å². The van der Waals surface area contributed by atoms with Crippen LogP contribution in [0.5, 0.6) is 11.5 Å². The molecule has 1 aliphatic rings. The predicted octanol–water partition coefficient (Wildman–Crippen LogP) is 6.68. The molecule has 1 aliphatic heterocycles. The Bertz CT molecular complexity index is 1250. The lowest BCUT2D eigenvalue weighted by atomic mass is 9.91. The molecule has 3 rings (SSSR count). The van der Waals surface area contributed by atoms with Crippen molar-refractivity contribution in [1.29, 1.82) is 0 Å². The fourth-order valence-corrected chi connectivity index (χ4v) is 6.79. The summed E-state index contributed by atoms with van der Waals surface area (Å²) >= 11 is 8.10. The molecule has 0 aliphatic carbocycles. The molecule has 0 amide bonds. The number of rotatable bonds is 20. The molecule has 7 nitrogen and oxygen atoms in total. The summed E-state index contributed by atoms with van der Waals surface area (Å²) in [6.07, 6.45) is 6.57. The average molecular weight is 643 g/mol. The van der Waals surface area contributed by atoms with Gasteiger partial charge in [-0.1, -0.05) is 60.7 Å². The molecule has 9 heteroatoms. The average Bonchev–Trinajstić information content (AvgIpc) is 3.03. The van der Waals surface area contributed by atoms with E-state index in [0.717, 1.165) is 16.9 Å². The Morgan fingerprint density at radius 1 is 0.841 bits per heavy atom. The number of hydrogen-bond donors (Lipinski definition) is 1. The van der Waals surface area contributed by atoms with E-state index in [4.69, 9.17) is 40.0 Å². The minimum atomic E-state index is -1.69. The van der Waals surface area contributed by atoms with Crippen LogP contribution in [0.25, 0.3) is 0 Å². The van der Waals surface area contributed by atoms with Gasteiger partial charge < -0.3 is 33.5 Å². The van der Waals surface area contributed by atoms with E-state index in [1.165, 1.54) is 11.8 Å². The standard InChI is InChI=1S/C35H43ClO7S/c1-7-16-39-24-31-32(41-18-9-3)33(42-19-10-4)34(43-20-11-5)35(37,44-31)28-22-26(29(36)23-30(28)40-17-8-2)21-25-12-14-27(38-6)15-13-25/h7-15,22-23,31-34,37H,1-5,16-21,24H2,6H3/t31-,32+,33-,34+,35-/m0/s1. The highest BCUT2D eigenvalue weighted by Gasteiger charge is 2.57. The van der Waals surface area contributed by atoms with Crippen molar-refractivity contribution in [3.8, 4) is 11.5 Å². The molecule has 1 N–H and O–H groups in total. The molecule has 0 bridgehead atoms. The Labute approximate surface area is 270 Å². The minimum absolute atomic E-state index is 0.155. The molecule has 1 saturated heterocycles. The van der Waals surface area contributed by atoms with Crippen LogP contribution in [0.15, 0.2) is 99.7 Å². The van der Waals surface area contributed by atoms with Crippen molar-refractivity contribution in [2.24, 2.45) is 0 Å². The van der Waals surface area contributed by atoms with Crippen LogP contribution in [0.1, 0.15) is 16.7 Å². The number of aliphatic hydroxyl groups is 1. The largest absolute Gasteiger partial charge is 0.497 e. The zero-order chi connectivity index (χ0) is 32.0. The fourth-order valence-electron chi connectivity index (χ4n) is 4.95. The molecule has 0 saturated carbocycles. The van der Waals surface area contributed by atoms with Crippen LogP contribution in [-0.4, -0.2) is 75.4 Å². The van der Waals surface area contributed by atoms with E-state index in [2.05, 4.69) is 32.9 Å². The zero-order valence-electron chi connectivity index (χ0n) is 25.3. The van der Waals surface area contributed by atoms with Gasteiger partial charge in [0.25, 0.3) is 0 Å². The molecule has 0 spiro atoms. The molecule has 5 atom stereocenters. The molecule has 1 fully saturated rings. The van der Waals surface area contributed by atoms with Gasteiger partial charge in [-0.3, -0.25) is 0 Å². The van der Waals surface area contributed by atoms with Crippen LogP contribution in [0.3, 0.4) is 0 Å². The molecular formula is C35H43ClO7S. The highest BCUT2D eigenvalue weighted by molar-refractivity contribution is 8.00. The Kier molecular flexibility index (Phi) is 14.8. The third-order valence-corrected chi connectivity index (χ3v) is 8.75. The van der Waals surface area contributed by atoms with E-state index < -0.39 is 23.2 Å². The maximum absolute atomic E-state index is 12.9. The molecule has 238 valence electrons. The topological polar surface area (TPSA) is 75.6 Å². The molecule has 2 aromatic rings. The smallest absolute Gasteiger partial charge is 0.168 e. The maximum atomic E-state index is 12.9. The lowest BCUT2D eigenvalue weighted by Gasteiger charge is -2.50. The summed E-state index contributed by atoms with van der Waals surface area (Å²) in [7, 11) is 1.63. The second-order valence-corrected chi connectivity index (χ2v) is 11.8. The normalized spacial score (nSPS) is 23.0. The number of benzene rings is 2. The van der Waals surface area contributed by atoms with Gasteiger partial charge in [0.05, 0.1) is 45.4 Å². The Balaban J connectivity index is 2.20. The molecule has 2 aromatic carbocycles. The SMILES string of the molecule is C=CCOC[C@@H]1S[C@@](O)(c2cc(Cc3ccc(OC)cc3)c(Cl)cc2OCC=C)[C@H](OCC=C)[C@@H](OCC=C)[C@@H]1OCC=C. The third-order valence-electron chi connectivity index (χ3n) is 6.87. The molecule has 1 heterocycles. The number of methoxy groups -OCH3 is 1. The molecular weight excluding hydrogens is 600 g/mol. The Morgan fingerprint density at radius 2 is 1.45 bits per heavy atom. The number of hydrogen-bond acceptors (Lipinski definition) is 8. The Morgan fingerprint density at radius 3 is 2.07 bits per heavy atom. The van der Waals surface area contributed by atoms with Crippen LogP contribution < -0.4 is 9.47 Å². The van der Waals surface area contributed by atoms with Crippen LogP contribution in [0.4, 0.5) is 0 Å². The fraction of sp³-hybridized carbons (Fsp3) is 0.371. The van der Waals surface area contributed by atoms with Crippen molar-refractivity contribution in [2.45, 2.75) is 34.9 Å². The summed E-state index contributed by atoms with van der Waals surface area (Å²) < 4.78 is 36.2. The summed E-state index contributed by atoms with van der Waals surface area (Å²) in [4.78, 5) is -1.69. The molecule has 0 unspecified atom stereocenters. The van der Waals surface area contributed by atoms with Gasteiger partial charge >= 0.3 is 0 Å². The van der Waals surface area contributed by atoms with E-state index in [1.807, 2.05) is 30.3 Å². The summed E-state index contributed by atoms with van der Waals surface area (Å²) in [5, 5.41) is 13.0. The zero-order valence-corrected chi connectivity index (χ0v) is 26.9. The summed E-state index contributed by atoms with van der Waals surface area (Å²) in [5.74, 6) is 1.15. The van der Waals surface area contributed by atoms with Gasteiger partial charge in [0, 0.05) is 10.6 Å². The van der Waals surface area contributed by atoms with Gasteiger partial charge in [-0.15, -0.1) is 38.1 Å². The highest BCUT2D eigenvalue weighted by atomic mass is 35.5. The summed E-state index contributed by atoms with van der Waals surface area (Å²) in [6, 6.07) is 11.3. The van der Waals surface area contributed by atoms with Gasteiger partial charge in [-0.25, -0.2) is 0 Å². The quantitative estimate of drug-likeness (QED) is 0.127. The number of halogens is 1. The van der Waals surface area contributed by atoms with E-state index in [1.54, 1.807) is 43.6 Å². The van der Waals surface area contributed by atoms with Gasteiger partial charge in [-0.05, 0) is 41.8 Å². The minimum Gasteiger partial charge on any atom is -0.497 e. The highest BCUT2D eigenvalue weighted by Crippen LogP contribution is 2.53. The van der Waals surface area contributed by atoms with E-state index >= 15 is 0 Å². The first kappa shape index (κ1) is 35.7. The second kappa shape index (κ2) is 18.2. The first-order valence-corrected chi connectivity index (χ1v) is 15.6. The summed E-state index contributed by atoms with van der Waals surface area (Å²) in [6.45, 7) is 20.4. The first-order valence-electron chi connectivity index (χ1n) is 14.3. The van der Waals surface area contributed by atoms with Gasteiger partial charge in [0.15, 0.2) is 4.93 Å². The molecule has 44 heavy (non-hydrogen) atoms. The molecule has 0 aromatic heterocycles. The van der Waals surface area contributed by atoms with E-state index in [-0.39, 0.29) is 38.3 Å². The van der Waals surface area contributed by atoms with Gasteiger partial charge in [0.1, 0.15) is 36.4 Å². The van der Waals surface area contributed by atoms with Crippen LogP contribution >= 0.6 is 23.4 Å². The monoisotopic (exact) mass is 642 g/mol. The van der Waals surface area contributed by atoms with Crippen molar-refractivity contribution in [3.63, 3.8) is 0 Å². The van der Waals surface area contributed by atoms with Crippen molar-refractivity contribution in [2.75, 3.05) is 46.8 Å². The second-order valence-electron chi connectivity index (χ2n) is 9.96. The Hall–Kier alpha value is -2.82. The van der Waals surface area contributed by atoms with Crippen molar-refractivity contribution >= 4 is 23.4 Å². The lowest BCUT2D eigenvalue weighted by Crippen LogP contribution is -2.61. The van der Waals surface area contributed by atoms with Crippen molar-refractivity contribution in [1.82, 2.24) is 0 Å². The number of ether oxygens (including phenoxy) is 6. The maximum Gasteiger partial charge on any atom is 0.168 e. The van der Waals surface area contributed by atoms with Crippen LogP contribution in [0, 0.1) is 0 Å². The van der Waals surface area contributed by atoms with Crippen molar-refractivity contribution in [3.05, 3.63) is 121 Å². The van der Waals surface area contributed by atoms with E-state index in [9.17, 15) is 5.11 Å². The predicted molar refractivity (Wildman–Crippen MR) is 179 cm³/mol. The van der Waals surface area contributed by atoms with E-state index in [0.29, 0.717) is 29.4 Å².